The van der Waals surface area contributed by atoms with Crippen LogP contribution in [0.3, 0.4) is 0 Å². The number of anilines is 1. The summed E-state index contributed by atoms with van der Waals surface area (Å²) in [5, 5.41) is 7.20. The van der Waals surface area contributed by atoms with E-state index in [2.05, 4.69) is 10.4 Å². The zero-order valence-corrected chi connectivity index (χ0v) is 21.0. The lowest BCUT2D eigenvalue weighted by Crippen LogP contribution is -2.57. The number of aromatic nitrogens is 2. The number of fused-ring (bicyclic) bond motifs is 1. The lowest BCUT2D eigenvalue weighted by atomic mass is 9.81. The maximum Gasteiger partial charge on any atom is 0.406 e. The van der Waals surface area contributed by atoms with Gasteiger partial charge in [0.2, 0.25) is 0 Å². The summed E-state index contributed by atoms with van der Waals surface area (Å²) >= 11 is 0. The van der Waals surface area contributed by atoms with Gasteiger partial charge in [-0.2, -0.15) is 18.3 Å². The molecular weight excluding hydrogens is 512 g/mol. The third-order valence-corrected chi connectivity index (χ3v) is 6.65. The molecule has 2 heterocycles. The number of amides is 2. The van der Waals surface area contributed by atoms with Gasteiger partial charge in [0.1, 0.15) is 24.2 Å². The van der Waals surface area contributed by atoms with Crippen molar-refractivity contribution >= 4 is 17.6 Å². The molecule has 0 radical (unpaired) electrons. The number of benzene rings is 3. The van der Waals surface area contributed by atoms with Gasteiger partial charge in [-0.25, -0.2) is 9.07 Å². The minimum Gasteiger partial charge on any atom is -0.339 e. The molecule has 2 amide bonds. The second-order valence-electron chi connectivity index (χ2n) is 9.46. The quantitative estimate of drug-likeness (QED) is 0.344. The lowest BCUT2D eigenvalue weighted by Gasteiger charge is -2.39. The number of rotatable bonds is 5. The number of nitrogens with zero attached hydrogens (tertiary/aromatic N) is 3. The van der Waals surface area contributed by atoms with Crippen LogP contribution in [0, 0.1) is 19.7 Å². The summed E-state index contributed by atoms with van der Waals surface area (Å²) in [6.07, 6.45) is -4.74. The molecule has 1 N–H and O–H groups in total. The first-order valence-corrected chi connectivity index (χ1v) is 12.2. The smallest absolute Gasteiger partial charge is 0.339 e. The van der Waals surface area contributed by atoms with Gasteiger partial charge in [0, 0.05) is 17.0 Å². The second-order valence-corrected chi connectivity index (χ2v) is 9.46. The van der Waals surface area contributed by atoms with E-state index in [4.69, 9.17) is 0 Å². The molecule has 0 saturated carbocycles. The number of halogens is 4. The Balaban J connectivity index is 1.72. The van der Waals surface area contributed by atoms with Crippen molar-refractivity contribution in [3.05, 3.63) is 113 Å². The van der Waals surface area contributed by atoms with Gasteiger partial charge in [-0.15, -0.1) is 0 Å². The van der Waals surface area contributed by atoms with E-state index in [-0.39, 0.29) is 11.4 Å². The Labute approximate surface area is 221 Å². The Morgan fingerprint density at radius 3 is 2.31 bits per heavy atom. The van der Waals surface area contributed by atoms with Crippen LogP contribution < -0.4 is 10.2 Å². The van der Waals surface area contributed by atoms with Crippen LogP contribution in [0.25, 0.3) is 5.69 Å². The summed E-state index contributed by atoms with van der Waals surface area (Å²) in [5.74, 6) is -3.06. The van der Waals surface area contributed by atoms with Gasteiger partial charge in [-0.1, -0.05) is 48.0 Å². The Morgan fingerprint density at radius 1 is 0.974 bits per heavy atom. The average molecular weight is 537 g/mol. The average Bonchev–Trinajstić information content (AvgIpc) is 3.24. The number of para-hydroxylation sites is 1. The van der Waals surface area contributed by atoms with Gasteiger partial charge in [0.05, 0.1) is 11.4 Å². The van der Waals surface area contributed by atoms with Crippen molar-refractivity contribution in [2.75, 3.05) is 11.4 Å². The van der Waals surface area contributed by atoms with Gasteiger partial charge < -0.3 is 5.32 Å². The van der Waals surface area contributed by atoms with E-state index < -0.39 is 42.3 Å². The number of alkyl halides is 3. The summed E-state index contributed by atoms with van der Waals surface area (Å²) in [5.41, 5.74) is 2.67. The van der Waals surface area contributed by atoms with Crippen LogP contribution in [-0.4, -0.2) is 40.4 Å². The molecule has 2 atom stereocenters. The second kappa shape index (κ2) is 10.0. The SMILES string of the molecule is Cc1cccc(C(=O)N[C@@H]2C(=O)N(CC(F)(F)F)c3c(c(C)nn3-c3ccccc3)[C@@H]2c2ccc(F)cc2)c1. The highest BCUT2D eigenvalue weighted by molar-refractivity contribution is 6.05. The standard InChI is InChI=1S/C29H24F4N4O2/c1-17-7-6-8-20(15-17)26(38)34-25-24(19-11-13-21(30)14-12-19)23-18(2)35-37(22-9-4-3-5-10-22)27(23)36(28(25)39)16-29(31,32)33/h3-15,24-25H,16H2,1-2H3,(H,34,38)/t24-,25-/m0/s1. The predicted octanol–water partition coefficient (Wildman–Crippen LogP) is 5.47. The van der Waals surface area contributed by atoms with Crippen LogP contribution >= 0.6 is 0 Å². The molecule has 1 aliphatic heterocycles. The Kier molecular flexibility index (Phi) is 6.71. The zero-order chi connectivity index (χ0) is 27.9. The molecule has 1 aromatic heterocycles. The van der Waals surface area contributed by atoms with Crippen LogP contribution in [-0.2, 0) is 4.79 Å². The summed E-state index contributed by atoms with van der Waals surface area (Å²) in [4.78, 5) is 27.8. The largest absolute Gasteiger partial charge is 0.406 e. The summed E-state index contributed by atoms with van der Waals surface area (Å²) < 4.78 is 56.7. The fraction of sp³-hybridized carbons (Fsp3) is 0.207. The number of aryl methyl sites for hydroxylation is 2. The maximum atomic E-state index is 13.9. The van der Waals surface area contributed by atoms with Crippen molar-refractivity contribution in [3.8, 4) is 5.69 Å². The summed E-state index contributed by atoms with van der Waals surface area (Å²) in [6, 6.07) is 19.1. The van der Waals surface area contributed by atoms with Crippen molar-refractivity contribution < 1.29 is 27.2 Å². The molecule has 0 aliphatic carbocycles. The van der Waals surface area contributed by atoms with Crippen LogP contribution in [0.1, 0.15) is 38.7 Å². The van der Waals surface area contributed by atoms with Gasteiger partial charge >= 0.3 is 6.18 Å². The van der Waals surface area contributed by atoms with Crippen molar-refractivity contribution in [1.82, 2.24) is 15.1 Å². The van der Waals surface area contributed by atoms with Crippen LogP contribution in [0.2, 0.25) is 0 Å². The monoisotopic (exact) mass is 536 g/mol. The van der Waals surface area contributed by atoms with Crippen LogP contribution in [0.4, 0.5) is 23.4 Å². The minimum absolute atomic E-state index is 0.0450. The number of carbonyl (C=O) groups is 2. The van der Waals surface area contributed by atoms with Crippen molar-refractivity contribution in [1.29, 1.82) is 0 Å². The molecule has 3 aromatic carbocycles. The fourth-order valence-corrected chi connectivity index (χ4v) is 5.00. The third kappa shape index (κ3) is 5.14. The minimum atomic E-state index is -4.74. The number of hydrogen-bond donors (Lipinski definition) is 1. The molecule has 10 heteroatoms. The topological polar surface area (TPSA) is 67.2 Å². The number of nitrogens with one attached hydrogen (secondary N) is 1. The molecule has 200 valence electrons. The highest BCUT2D eigenvalue weighted by atomic mass is 19.4. The fourth-order valence-electron chi connectivity index (χ4n) is 5.00. The molecule has 4 aromatic rings. The van der Waals surface area contributed by atoms with Crippen molar-refractivity contribution in [3.63, 3.8) is 0 Å². The Morgan fingerprint density at radius 2 is 1.67 bits per heavy atom. The van der Waals surface area contributed by atoms with Gasteiger partial charge in [-0.05, 0) is 55.8 Å². The number of carbonyl (C=O) groups excluding carboxylic acids is 2. The van der Waals surface area contributed by atoms with Crippen LogP contribution in [0.5, 0.6) is 0 Å². The first-order chi connectivity index (χ1) is 18.5. The molecule has 0 unspecified atom stereocenters. The Bertz CT molecular complexity index is 1530. The zero-order valence-electron chi connectivity index (χ0n) is 21.0. The van der Waals surface area contributed by atoms with Gasteiger partial charge in [0.25, 0.3) is 11.8 Å². The maximum absolute atomic E-state index is 13.9. The van der Waals surface area contributed by atoms with E-state index in [0.29, 0.717) is 27.4 Å². The predicted molar refractivity (Wildman–Crippen MR) is 137 cm³/mol. The Hall–Kier alpha value is -4.47. The van der Waals surface area contributed by atoms with Gasteiger partial charge in [0.15, 0.2) is 0 Å². The number of hydrogen-bond acceptors (Lipinski definition) is 3. The summed E-state index contributed by atoms with van der Waals surface area (Å²) in [6.45, 7) is 1.85. The highest BCUT2D eigenvalue weighted by Gasteiger charge is 2.49. The molecule has 1 aliphatic rings. The molecule has 6 nitrogen and oxygen atoms in total. The molecular formula is C29H24F4N4O2. The molecule has 0 bridgehead atoms. The van der Waals surface area contributed by atoms with Crippen LogP contribution in [0.15, 0.2) is 78.9 Å². The highest BCUT2D eigenvalue weighted by Crippen LogP contribution is 2.44. The molecule has 0 fully saturated rings. The van der Waals surface area contributed by atoms with E-state index in [1.807, 2.05) is 0 Å². The lowest BCUT2D eigenvalue weighted by molar-refractivity contribution is -0.134. The van der Waals surface area contributed by atoms with E-state index in [9.17, 15) is 27.2 Å². The van der Waals surface area contributed by atoms with Crippen molar-refractivity contribution in [2.45, 2.75) is 32.0 Å². The van der Waals surface area contributed by atoms with Gasteiger partial charge in [-0.3, -0.25) is 14.5 Å². The summed E-state index contributed by atoms with van der Waals surface area (Å²) in [7, 11) is 0. The van der Waals surface area contributed by atoms with E-state index in [0.717, 1.165) is 5.56 Å². The molecule has 39 heavy (non-hydrogen) atoms. The van der Waals surface area contributed by atoms with Crippen molar-refractivity contribution in [2.24, 2.45) is 0 Å². The first kappa shape index (κ1) is 26.1. The molecule has 5 rings (SSSR count). The molecule has 0 spiro atoms. The first-order valence-electron chi connectivity index (χ1n) is 12.2. The van der Waals surface area contributed by atoms with E-state index in [1.165, 1.54) is 28.9 Å². The normalized spacial score (nSPS) is 17.2. The molecule has 0 saturated heterocycles. The van der Waals surface area contributed by atoms with E-state index in [1.54, 1.807) is 68.4 Å². The van der Waals surface area contributed by atoms with E-state index >= 15 is 0 Å². The third-order valence-electron chi connectivity index (χ3n) is 6.65.